The van der Waals surface area contributed by atoms with Gasteiger partial charge in [-0.25, -0.2) is 0 Å². The molecule has 0 atom stereocenters. The number of anilines is 1. The van der Waals surface area contributed by atoms with Gasteiger partial charge in [-0.3, -0.25) is 9.69 Å². The molecular formula is C20H31N3O. The third-order valence-corrected chi connectivity index (χ3v) is 5.49. The van der Waals surface area contributed by atoms with Gasteiger partial charge < -0.3 is 10.2 Å². The van der Waals surface area contributed by atoms with E-state index in [0.29, 0.717) is 12.6 Å². The molecule has 0 radical (unpaired) electrons. The Morgan fingerprint density at radius 3 is 2.50 bits per heavy atom. The molecule has 24 heavy (non-hydrogen) atoms. The molecular weight excluding hydrogens is 298 g/mol. The number of hydrogen-bond acceptors (Lipinski definition) is 3. The summed E-state index contributed by atoms with van der Waals surface area (Å²) in [6.45, 7) is 8.91. The second-order valence-corrected chi connectivity index (χ2v) is 7.63. The van der Waals surface area contributed by atoms with Gasteiger partial charge in [0.1, 0.15) is 0 Å². The first-order valence-corrected chi connectivity index (χ1v) is 9.43. The monoisotopic (exact) mass is 329 g/mol. The average Bonchev–Trinajstić information content (AvgIpc) is 2.58. The summed E-state index contributed by atoms with van der Waals surface area (Å²) in [5, 5.41) is 3.24. The molecule has 2 fully saturated rings. The highest BCUT2D eigenvalue weighted by molar-refractivity contribution is 5.78. The van der Waals surface area contributed by atoms with Crippen LogP contribution in [-0.4, -0.2) is 49.6 Å². The van der Waals surface area contributed by atoms with E-state index in [-0.39, 0.29) is 5.91 Å². The van der Waals surface area contributed by atoms with Crippen LogP contribution < -0.4 is 10.2 Å². The van der Waals surface area contributed by atoms with Crippen LogP contribution in [0.5, 0.6) is 0 Å². The van der Waals surface area contributed by atoms with Crippen molar-refractivity contribution >= 4 is 11.6 Å². The topological polar surface area (TPSA) is 35.6 Å². The molecule has 1 saturated heterocycles. The molecule has 0 bridgehead atoms. The number of hydrogen-bond donors (Lipinski definition) is 1. The van der Waals surface area contributed by atoms with E-state index in [4.69, 9.17) is 0 Å². The Kier molecular flexibility index (Phi) is 5.77. The van der Waals surface area contributed by atoms with Crippen LogP contribution in [0.2, 0.25) is 0 Å². The standard InChI is InChI=1S/C20H31N3O/c1-16-6-8-18(9-7-16)21-20(24)15-22-10-12-23(13-11-22)19-5-3-4-17(2)14-19/h3-5,14,16,18H,6-13,15H2,1-2H3,(H,21,24). The number of piperazine rings is 1. The summed E-state index contributed by atoms with van der Waals surface area (Å²) in [7, 11) is 0. The fourth-order valence-electron chi connectivity index (χ4n) is 3.87. The lowest BCUT2D eigenvalue weighted by atomic mass is 9.87. The van der Waals surface area contributed by atoms with Crippen molar-refractivity contribution in [2.45, 2.75) is 45.6 Å². The van der Waals surface area contributed by atoms with E-state index in [1.807, 2.05) is 0 Å². The summed E-state index contributed by atoms with van der Waals surface area (Å²) >= 11 is 0. The quantitative estimate of drug-likeness (QED) is 0.923. The largest absolute Gasteiger partial charge is 0.369 e. The zero-order valence-corrected chi connectivity index (χ0v) is 15.1. The number of carbonyl (C=O) groups excluding carboxylic acids is 1. The van der Waals surface area contributed by atoms with Gasteiger partial charge in [0.25, 0.3) is 0 Å². The Morgan fingerprint density at radius 2 is 1.83 bits per heavy atom. The predicted molar refractivity (Wildman–Crippen MR) is 99.4 cm³/mol. The van der Waals surface area contributed by atoms with Crippen molar-refractivity contribution in [3.05, 3.63) is 29.8 Å². The molecule has 1 amide bonds. The molecule has 2 aliphatic rings. The van der Waals surface area contributed by atoms with Crippen LogP contribution >= 0.6 is 0 Å². The van der Waals surface area contributed by atoms with Crippen LogP contribution in [0.4, 0.5) is 5.69 Å². The van der Waals surface area contributed by atoms with Crippen LogP contribution in [0.1, 0.15) is 38.2 Å². The fourth-order valence-corrected chi connectivity index (χ4v) is 3.87. The molecule has 1 N–H and O–H groups in total. The molecule has 4 nitrogen and oxygen atoms in total. The SMILES string of the molecule is Cc1cccc(N2CCN(CC(=O)NC3CCC(C)CC3)CC2)c1. The molecule has 1 aromatic rings. The van der Waals surface area contributed by atoms with Gasteiger partial charge in [-0.2, -0.15) is 0 Å². The minimum absolute atomic E-state index is 0.207. The Balaban J connectivity index is 1.41. The second-order valence-electron chi connectivity index (χ2n) is 7.63. The second kappa shape index (κ2) is 8.02. The number of carbonyl (C=O) groups is 1. The molecule has 0 unspecified atom stereocenters. The highest BCUT2D eigenvalue weighted by Crippen LogP contribution is 2.23. The maximum atomic E-state index is 12.3. The molecule has 1 heterocycles. The zero-order chi connectivity index (χ0) is 16.9. The third kappa shape index (κ3) is 4.73. The van der Waals surface area contributed by atoms with Crippen molar-refractivity contribution in [1.82, 2.24) is 10.2 Å². The summed E-state index contributed by atoms with van der Waals surface area (Å²) in [5.74, 6) is 1.03. The molecule has 1 aliphatic heterocycles. The van der Waals surface area contributed by atoms with Gasteiger partial charge in [-0.15, -0.1) is 0 Å². The van der Waals surface area contributed by atoms with Crippen molar-refractivity contribution in [3.63, 3.8) is 0 Å². The Bertz CT molecular complexity index is 544. The smallest absolute Gasteiger partial charge is 0.234 e. The number of benzene rings is 1. The first-order chi connectivity index (χ1) is 11.6. The van der Waals surface area contributed by atoms with Crippen molar-refractivity contribution in [2.24, 2.45) is 5.92 Å². The third-order valence-electron chi connectivity index (χ3n) is 5.49. The lowest BCUT2D eigenvalue weighted by Crippen LogP contribution is -2.50. The van der Waals surface area contributed by atoms with Gasteiger partial charge in [0.15, 0.2) is 0 Å². The van der Waals surface area contributed by atoms with Crippen LogP contribution in [0, 0.1) is 12.8 Å². The lowest BCUT2D eigenvalue weighted by molar-refractivity contribution is -0.123. The van der Waals surface area contributed by atoms with Gasteiger partial charge in [0.2, 0.25) is 5.91 Å². The molecule has 4 heteroatoms. The van der Waals surface area contributed by atoms with Gasteiger partial charge in [-0.05, 0) is 56.2 Å². The van der Waals surface area contributed by atoms with E-state index in [2.05, 4.69) is 53.2 Å². The molecule has 132 valence electrons. The Hall–Kier alpha value is -1.55. The van der Waals surface area contributed by atoms with E-state index in [9.17, 15) is 4.79 Å². The highest BCUT2D eigenvalue weighted by atomic mass is 16.2. The highest BCUT2D eigenvalue weighted by Gasteiger charge is 2.22. The van der Waals surface area contributed by atoms with E-state index < -0.39 is 0 Å². The minimum Gasteiger partial charge on any atom is -0.369 e. The van der Waals surface area contributed by atoms with Crippen LogP contribution in [-0.2, 0) is 4.79 Å². The normalized spacial score (nSPS) is 25.5. The molecule has 1 saturated carbocycles. The van der Waals surface area contributed by atoms with Gasteiger partial charge in [0, 0.05) is 37.9 Å². The zero-order valence-electron chi connectivity index (χ0n) is 15.1. The number of nitrogens with zero attached hydrogens (tertiary/aromatic N) is 2. The van der Waals surface area contributed by atoms with Crippen molar-refractivity contribution in [3.8, 4) is 0 Å². The summed E-state index contributed by atoms with van der Waals surface area (Å²) in [6.07, 6.45) is 4.79. The average molecular weight is 329 g/mol. The van der Waals surface area contributed by atoms with Crippen LogP contribution in [0.25, 0.3) is 0 Å². The van der Waals surface area contributed by atoms with E-state index in [1.54, 1.807) is 0 Å². The molecule has 1 aromatic carbocycles. The molecule has 0 aromatic heterocycles. The fraction of sp³-hybridized carbons (Fsp3) is 0.650. The maximum absolute atomic E-state index is 12.3. The molecule has 1 aliphatic carbocycles. The summed E-state index contributed by atoms with van der Waals surface area (Å²) in [5.41, 5.74) is 2.60. The number of rotatable bonds is 4. The van der Waals surface area contributed by atoms with Crippen molar-refractivity contribution in [2.75, 3.05) is 37.6 Å². The van der Waals surface area contributed by atoms with E-state index >= 15 is 0 Å². The van der Waals surface area contributed by atoms with Crippen LogP contribution in [0.15, 0.2) is 24.3 Å². The number of aryl methyl sites for hydroxylation is 1. The summed E-state index contributed by atoms with van der Waals surface area (Å²) in [6, 6.07) is 9.08. The number of nitrogens with one attached hydrogen (secondary N) is 1. The Morgan fingerprint density at radius 1 is 1.12 bits per heavy atom. The van der Waals surface area contributed by atoms with Gasteiger partial charge in [0.05, 0.1) is 6.54 Å². The number of amides is 1. The van der Waals surface area contributed by atoms with Crippen molar-refractivity contribution < 1.29 is 4.79 Å². The summed E-state index contributed by atoms with van der Waals surface area (Å²) < 4.78 is 0. The Labute approximate surface area is 146 Å². The van der Waals surface area contributed by atoms with Gasteiger partial charge in [-0.1, -0.05) is 19.1 Å². The summed E-state index contributed by atoms with van der Waals surface area (Å²) in [4.78, 5) is 17.0. The minimum atomic E-state index is 0.207. The van der Waals surface area contributed by atoms with Gasteiger partial charge >= 0.3 is 0 Å². The predicted octanol–water partition coefficient (Wildman–Crippen LogP) is 2.81. The molecule has 3 rings (SSSR count). The lowest BCUT2D eigenvalue weighted by Gasteiger charge is -2.36. The van der Waals surface area contributed by atoms with E-state index in [0.717, 1.165) is 44.9 Å². The molecule has 0 spiro atoms. The first-order valence-electron chi connectivity index (χ1n) is 9.43. The maximum Gasteiger partial charge on any atom is 0.234 e. The van der Waals surface area contributed by atoms with Crippen molar-refractivity contribution in [1.29, 1.82) is 0 Å². The first kappa shape index (κ1) is 17.3. The van der Waals surface area contributed by atoms with Crippen LogP contribution in [0.3, 0.4) is 0 Å². The van der Waals surface area contributed by atoms with E-state index in [1.165, 1.54) is 24.1 Å².